The molecular formula is C21H24N2O5. The molecule has 0 radical (unpaired) electrons. The zero-order valence-corrected chi connectivity index (χ0v) is 15.8. The Balaban J connectivity index is 2.03. The second-order valence-corrected chi connectivity index (χ2v) is 6.47. The minimum absolute atomic E-state index is 0.0735. The summed E-state index contributed by atoms with van der Waals surface area (Å²) in [6, 6.07) is 13.9. The first kappa shape index (κ1) is 21.0. The summed E-state index contributed by atoms with van der Waals surface area (Å²) >= 11 is 0. The molecule has 7 heteroatoms. The zero-order chi connectivity index (χ0) is 20.5. The van der Waals surface area contributed by atoms with E-state index in [1.54, 1.807) is 19.1 Å². The van der Waals surface area contributed by atoms with Gasteiger partial charge in [-0.3, -0.25) is 9.59 Å². The number of ether oxygens (including phenoxy) is 1. The Morgan fingerprint density at radius 2 is 1.61 bits per heavy atom. The summed E-state index contributed by atoms with van der Waals surface area (Å²) in [6.45, 7) is 3.02. The number of rotatable bonds is 8. The van der Waals surface area contributed by atoms with Crippen molar-refractivity contribution in [1.82, 2.24) is 10.6 Å². The van der Waals surface area contributed by atoms with Gasteiger partial charge in [0, 0.05) is 6.42 Å². The van der Waals surface area contributed by atoms with Gasteiger partial charge in [-0.25, -0.2) is 4.79 Å². The van der Waals surface area contributed by atoms with Gasteiger partial charge in [-0.05, 0) is 37.1 Å². The first-order valence-corrected chi connectivity index (χ1v) is 8.91. The van der Waals surface area contributed by atoms with E-state index in [1.807, 2.05) is 30.3 Å². The molecule has 0 aliphatic rings. The number of alkyl carbamates (subject to hydrolysis) is 1. The van der Waals surface area contributed by atoms with E-state index >= 15 is 0 Å². The number of ketones is 1. The number of carbonyl (C=O) groups is 3. The fourth-order valence-corrected chi connectivity index (χ4v) is 2.40. The van der Waals surface area contributed by atoms with Crippen LogP contribution in [0.5, 0.6) is 5.75 Å². The Kier molecular flexibility index (Phi) is 7.56. The van der Waals surface area contributed by atoms with Crippen molar-refractivity contribution in [2.75, 3.05) is 0 Å². The number of carbonyl (C=O) groups excluding carboxylic acids is 3. The molecule has 2 aromatic carbocycles. The molecule has 0 heterocycles. The van der Waals surface area contributed by atoms with Crippen molar-refractivity contribution >= 4 is 17.8 Å². The van der Waals surface area contributed by atoms with Crippen LogP contribution in [0.4, 0.5) is 4.79 Å². The highest BCUT2D eigenvalue weighted by atomic mass is 16.5. The lowest BCUT2D eigenvalue weighted by molar-refractivity contribution is -0.127. The fourth-order valence-electron chi connectivity index (χ4n) is 2.40. The molecule has 2 atom stereocenters. The van der Waals surface area contributed by atoms with Crippen LogP contribution in [0.2, 0.25) is 0 Å². The summed E-state index contributed by atoms with van der Waals surface area (Å²) in [5, 5.41) is 14.5. The molecule has 2 rings (SSSR count). The van der Waals surface area contributed by atoms with Crippen molar-refractivity contribution in [2.24, 2.45) is 0 Å². The largest absolute Gasteiger partial charge is 0.508 e. The Morgan fingerprint density at radius 3 is 2.21 bits per heavy atom. The van der Waals surface area contributed by atoms with Crippen molar-refractivity contribution in [3.8, 4) is 5.75 Å². The van der Waals surface area contributed by atoms with E-state index in [0.717, 1.165) is 11.1 Å². The van der Waals surface area contributed by atoms with Gasteiger partial charge in [0.25, 0.3) is 0 Å². The molecule has 0 aliphatic carbocycles. The molecule has 0 spiro atoms. The van der Waals surface area contributed by atoms with Crippen LogP contribution in [0.25, 0.3) is 0 Å². The number of phenolic OH excluding ortho intramolecular Hbond substituents is 1. The molecule has 0 bridgehead atoms. The van der Waals surface area contributed by atoms with Gasteiger partial charge >= 0.3 is 6.09 Å². The molecule has 2 aromatic rings. The standard InChI is InChI=1S/C21H24N2O5/c1-14(15(2)24)22-20(26)19(12-16-8-10-18(25)11-9-16)23-21(27)28-13-17-6-4-3-5-7-17/h3-11,14,19,25H,12-13H2,1-2H3,(H,22,26)(H,23,27)/t14?,19-/m0/s1. The summed E-state index contributed by atoms with van der Waals surface area (Å²) in [4.78, 5) is 36.2. The second kappa shape index (κ2) is 10.1. The van der Waals surface area contributed by atoms with Gasteiger partial charge in [0.2, 0.25) is 5.91 Å². The molecule has 0 aliphatic heterocycles. The van der Waals surface area contributed by atoms with Crippen LogP contribution in [-0.4, -0.2) is 35.0 Å². The van der Waals surface area contributed by atoms with Crippen LogP contribution in [0.3, 0.4) is 0 Å². The zero-order valence-electron chi connectivity index (χ0n) is 15.8. The van der Waals surface area contributed by atoms with Crippen LogP contribution in [-0.2, 0) is 27.4 Å². The number of benzene rings is 2. The highest BCUT2D eigenvalue weighted by Crippen LogP contribution is 2.12. The van der Waals surface area contributed by atoms with Gasteiger partial charge < -0.3 is 20.5 Å². The number of nitrogens with one attached hydrogen (secondary N) is 2. The molecule has 28 heavy (non-hydrogen) atoms. The van der Waals surface area contributed by atoms with E-state index in [9.17, 15) is 19.5 Å². The third-order valence-electron chi connectivity index (χ3n) is 4.17. The molecule has 3 N–H and O–H groups in total. The maximum atomic E-state index is 12.6. The summed E-state index contributed by atoms with van der Waals surface area (Å²) in [5.41, 5.74) is 1.55. The number of aromatic hydroxyl groups is 1. The van der Waals surface area contributed by atoms with E-state index in [2.05, 4.69) is 10.6 Å². The van der Waals surface area contributed by atoms with Crippen LogP contribution in [0.1, 0.15) is 25.0 Å². The third-order valence-corrected chi connectivity index (χ3v) is 4.17. The highest BCUT2D eigenvalue weighted by Gasteiger charge is 2.24. The molecule has 0 saturated carbocycles. The van der Waals surface area contributed by atoms with E-state index < -0.39 is 24.1 Å². The smallest absolute Gasteiger partial charge is 0.408 e. The first-order chi connectivity index (χ1) is 13.3. The van der Waals surface area contributed by atoms with Crippen LogP contribution in [0.15, 0.2) is 54.6 Å². The molecular weight excluding hydrogens is 360 g/mol. The Morgan fingerprint density at radius 1 is 0.964 bits per heavy atom. The van der Waals surface area contributed by atoms with Crippen LogP contribution >= 0.6 is 0 Å². The fraction of sp³-hybridized carbons (Fsp3) is 0.286. The van der Waals surface area contributed by atoms with Crippen LogP contribution in [0, 0.1) is 0 Å². The third kappa shape index (κ3) is 6.75. The molecule has 148 valence electrons. The number of phenols is 1. The lowest BCUT2D eigenvalue weighted by Crippen LogP contribution is -2.51. The summed E-state index contributed by atoms with van der Waals surface area (Å²) in [6.07, 6.45) is -0.560. The maximum absolute atomic E-state index is 12.6. The van der Waals surface area contributed by atoms with E-state index in [0.29, 0.717) is 0 Å². The van der Waals surface area contributed by atoms with Crippen molar-refractivity contribution < 1.29 is 24.2 Å². The van der Waals surface area contributed by atoms with Crippen molar-refractivity contribution in [3.05, 3.63) is 65.7 Å². The minimum Gasteiger partial charge on any atom is -0.508 e. The molecule has 2 amide bonds. The predicted molar refractivity (Wildman–Crippen MR) is 104 cm³/mol. The van der Waals surface area contributed by atoms with E-state index in [4.69, 9.17) is 4.74 Å². The SMILES string of the molecule is CC(=O)C(C)NC(=O)[C@H](Cc1ccc(O)cc1)NC(=O)OCc1ccccc1. The summed E-state index contributed by atoms with van der Waals surface area (Å²) in [5.74, 6) is -0.582. The number of amides is 2. The summed E-state index contributed by atoms with van der Waals surface area (Å²) in [7, 11) is 0. The second-order valence-electron chi connectivity index (χ2n) is 6.47. The van der Waals surface area contributed by atoms with Gasteiger partial charge in [0.05, 0.1) is 6.04 Å². The van der Waals surface area contributed by atoms with Gasteiger partial charge in [-0.15, -0.1) is 0 Å². The quantitative estimate of drug-likeness (QED) is 0.648. The topological polar surface area (TPSA) is 105 Å². The molecule has 0 saturated heterocycles. The molecule has 7 nitrogen and oxygen atoms in total. The minimum atomic E-state index is -0.936. The highest BCUT2D eigenvalue weighted by molar-refractivity contribution is 5.91. The lowest BCUT2D eigenvalue weighted by atomic mass is 10.0. The number of hydrogen-bond acceptors (Lipinski definition) is 5. The Hall–Kier alpha value is -3.35. The van der Waals surface area contributed by atoms with Crippen molar-refractivity contribution in [2.45, 2.75) is 39.0 Å². The normalized spacial score (nSPS) is 12.5. The van der Waals surface area contributed by atoms with Crippen molar-refractivity contribution in [3.63, 3.8) is 0 Å². The Bertz CT molecular complexity index is 805. The number of hydrogen-bond donors (Lipinski definition) is 3. The van der Waals surface area contributed by atoms with Gasteiger partial charge in [-0.2, -0.15) is 0 Å². The monoisotopic (exact) mass is 384 g/mol. The number of Topliss-reactive ketones (excluding diaryl/α,β-unsaturated/α-hetero) is 1. The van der Waals surface area contributed by atoms with Gasteiger partial charge in [-0.1, -0.05) is 42.5 Å². The molecule has 0 aromatic heterocycles. The van der Waals surface area contributed by atoms with E-state index in [1.165, 1.54) is 19.1 Å². The molecule has 1 unspecified atom stereocenters. The van der Waals surface area contributed by atoms with Crippen molar-refractivity contribution in [1.29, 1.82) is 0 Å². The average molecular weight is 384 g/mol. The van der Waals surface area contributed by atoms with E-state index in [-0.39, 0.29) is 24.6 Å². The lowest BCUT2D eigenvalue weighted by Gasteiger charge is -2.20. The molecule has 0 fully saturated rings. The summed E-state index contributed by atoms with van der Waals surface area (Å²) < 4.78 is 5.18. The first-order valence-electron chi connectivity index (χ1n) is 8.91. The average Bonchev–Trinajstić information content (AvgIpc) is 2.68. The predicted octanol–water partition coefficient (Wildman–Crippen LogP) is 2.32. The Labute approximate surface area is 163 Å². The van der Waals surface area contributed by atoms with Gasteiger partial charge in [0.15, 0.2) is 5.78 Å². The van der Waals surface area contributed by atoms with Crippen LogP contribution < -0.4 is 10.6 Å². The van der Waals surface area contributed by atoms with Gasteiger partial charge in [0.1, 0.15) is 18.4 Å². The maximum Gasteiger partial charge on any atom is 0.408 e.